The molecule has 84 valence electrons. The lowest BCUT2D eigenvalue weighted by Gasteiger charge is -2.09. The van der Waals surface area contributed by atoms with Crippen LogP contribution in [-0.2, 0) is 12.8 Å². The zero-order valence-electron chi connectivity index (χ0n) is 10.3. The molecule has 0 aliphatic carbocycles. The summed E-state index contributed by atoms with van der Waals surface area (Å²) in [5.74, 6) is 0.665. The first-order valence-electron chi connectivity index (χ1n) is 6.08. The first-order valence-corrected chi connectivity index (χ1v) is 6.08. The molecule has 0 aliphatic heterocycles. The number of fused-ring (bicyclic) bond motifs is 1. The van der Waals surface area contributed by atoms with Crippen molar-refractivity contribution in [3.05, 3.63) is 41.6 Å². The molecule has 0 spiro atoms. The number of rotatable bonds is 3. The fraction of sp³-hybridized carbons (Fsp3) is 0.400. The van der Waals surface area contributed by atoms with Gasteiger partial charge in [0.05, 0.1) is 5.52 Å². The summed E-state index contributed by atoms with van der Waals surface area (Å²) in [5.41, 5.74) is 3.78. The molecule has 0 N–H and O–H groups in total. The van der Waals surface area contributed by atoms with E-state index in [1.165, 1.54) is 16.6 Å². The molecule has 0 unspecified atom stereocenters. The molecule has 16 heavy (non-hydrogen) atoms. The number of pyridine rings is 1. The Morgan fingerprint density at radius 3 is 2.62 bits per heavy atom. The number of hydrogen-bond donors (Lipinski definition) is 0. The molecule has 0 saturated carbocycles. The lowest BCUT2D eigenvalue weighted by molar-refractivity contribution is 0.636. The van der Waals surface area contributed by atoms with Crippen molar-refractivity contribution in [2.75, 3.05) is 0 Å². The van der Waals surface area contributed by atoms with Gasteiger partial charge in [-0.3, -0.25) is 4.98 Å². The van der Waals surface area contributed by atoms with Crippen LogP contribution in [0.3, 0.4) is 0 Å². The zero-order valence-corrected chi connectivity index (χ0v) is 10.3. The van der Waals surface area contributed by atoms with E-state index >= 15 is 0 Å². The summed E-state index contributed by atoms with van der Waals surface area (Å²) < 4.78 is 0. The summed E-state index contributed by atoms with van der Waals surface area (Å²) in [6.07, 6.45) is 2.14. The van der Waals surface area contributed by atoms with Crippen LogP contribution in [0.1, 0.15) is 32.0 Å². The van der Waals surface area contributed by atoms with E-state index in [1.54, 1.807) is 0 Å². The van der Waals surface area contributed by atoms with E-state index in [0.29, 0.717) is 5.92 Å². The van der Waals surface area contributed by atoms with Crippen LogP contribution in [0.4, 0.5) is 0 Å². The Hall–Kier alpha value is -1.37. The van der Waals surface area contributed by atoms with Gasteiger partial charge in [-0.15, -0.1) is 0 Å². The molecule has 0 aliphatic rings. The van der Waals surface area contributed by atoms with Crippen LogP contribution in [0, 0.1) is 5.92 Å². The van der Waals surface area contributed by atoms with Gasteiger partial charge in [-0.05, 0) is 36.5 Å². The van der Waals surface area contributed by atoms with Gasteiger partial charge in [0.1, 0.15) is 0 Å². The van der Waals surface area contributed by atoms with Gasteiger partial charge >= 0.3 is 0 Å². The minimum absolute atomic E-state index is 0.665. The van der Waals surface area contributed by atoms with Crippen molar-refractivity contribution in [2.45, 2.75) is 33.6 Å². The largest absolute Gasteiger partial charge is 0.253 e. The molecule has 0 amide bonds. The average Bonchev–Trinajstić information content (AvgIpc) is 2.27. The minimum Gasteiger partial charge on any atom is -0.253 e. The van der Waals surface area contributed by atoms with Gasteiger partial charge in [0, 0.05) is 11.1 Å². The minimum atomic E-state index is 0.665. The molecule has 0 atom stereocenters. The second-order valence-electron chi connectivity index (χ2n) is 4.74. The summed E-state index contributed by atoms with van der Waals surface area (Å²) in [7, 11) is 0. The molecule has 1 nitrogen and oxygen atoms in total. The highest BCUT2D eigenvalue weighted by molar-refractivity contribution is 5.82. The second kappa shape index (κ2) is 4.65. The highest BCUT2D eigenvalue weighted by Crippen LogP contribution is 2.20. The van der Waals surface area contributed by atoms with E-state index in [2.05, 4.69) is 51.1 Å². The van der Waals surface area contributed by atoms with Crippen molar-refractivity contribution in [3.8, 4) is 0 Å². The third-order valence-corrected chi connectivity index (χ3v) is 2.85. The second-order valence-corrected chi connectivity index (χ2v) is 4.74. The normalized spacial score (nSPS) is 11.2. The van der Waals surface area contributed by atoms with Crippen molar-refractivity contribution in [1.82, 2.24) is 4.98 Å². The Kier molecular flexibility index (Phi) is 3.23. The van der Waals surface area contributed by atoms with Crippen LogP contribution >= 0.6 is 0 Å². The third kappa shape index (κ3) is 2.24. The van der Waals surface area contributed by atoms with Crippen molar-refractivity contribution in [3.63, 3.8) is 0 Å². The molecule has 0 radical (unpaired) electrons. The molecule has 2 aromatic rings. The molecule has 0 bridgehead atoms. The Balaban J connectivity index is 2.54. The van der Waals surface area contributed by atoms with E-state index in [0.717, 1.165) is 18.4 Å². The number of aryl methyl sites for hydroxylation is 1. The average molecular weight is 213 g/mol. The summed E-state index contributed by atoms with van der Waals surface area (Å²) in [6, 6.07) is 10.7. The fourth-order valence-corrected chi connectivity index (χ4v) is 2.12. The highest BCUT2D eigenvalue weighted by Gasteiger charge is 2.05. The van der Waals surface area contributed by atoms with Crippen LogP contribution in [0.25, 0.3) is 10.9 Å². The lowest BCUT2D eigenvalue weighted by atomic mass is 10.0. The zero-order chi connectivity index (χ0) is 11.5. The number of hydrogen-bond acceptors (Lipinski definition) is 1. The first-order chi connectivity index (χ1) is 7.70. The molecule has 1 aromatic carbocycles. The highest BCUT2D eigenvalue weighted by atomic mass is 14.7. The van der Waals surface area contributed by atoms with Gasteiger partial charge in [-0.1, -0.05) is 39.0 Å². The Labute approximate surface area is 97.5 Å². The van der Waals surface area contributed by atoms with Crippen LogP contribution in [0.15, 0.2) is 30.3 Å². The summed E-state index contributed by atoms with van der Waals surface area (Å²) >= 11 is 0. The Bertz CT molecular complexity index is 486. The van der Waals surface area contributed by atoms with Gasteiger partial charge in [0.25, 0.3) is 0 Å². The number of benzene rings is 1. The SMILES string of the molecule is CCc1cc(CC(C)C)nc2ccccc12. The van der Waals surface area contributed by atoms with Crippen LogP contribution < -0.4 is 0 Å². The summed E-state index contributed by atoms with van der Waals surface area (Å²) in [5, 5.41) is 1.30. The molecule has 1 heteroatoms. The molecule has 0 fully saturated rings. The van der Waals surface area contributed by atoms with Gasteiger partial charge < -0.3 is 0 Å². The molecule has 0 saturated heterocycles. The third-order valence-electron chi connectivity index (χ3n) is 2.85. The van der Waals surface area contributed by atoms with E-state index < -0.39 is 0 Å². The standard InChI is InChI=1S/C15H19N/c1-4-12-10-13(9-11(2)3)16-15-8-6-5-7-14(12)15/h5-8,10-11H,4,9H2,1-3H3. The van der Waals surface area contributed by atoms with Crippen molar-refractivity contribution < 1.29 is 0 Å². The molecular weight excluding hydrogens is 194 g/mol. The van der Waals surface area contributed by atoms with E-state index in [1.807, 2.05) is 0 Å². The van der Waals surface area contributed by atoms with E-state index in [9.17, 15) is 0 Å². The van der Waals surface area contributed by atoms with Gasteiger partial charge in [0.15, 0.2) is 0 Å². The number of para-hydroxylation sites is 1. The maximum atomic E-state index is 4.72. The number of aromatic nitrogens is 1. The summed E-state index contributed by atoms with van der Waals surface area (Å²) in [6.45, 7) is 6.69. The topological polar surface area (TPSA) is 12.9 Å². The lowest BCUT2D eigenvalue weighted by Crippen LogP contribution is -1.99. The van der Waals surface area contributed by atoms with E-state index in [-0.39, 0.29) is 0 Å². The summed E-state index contributed by atoms with van der Waals surface area (Å²) in [4.78, 5) is 4.72. The van der Waals surface area contributed by atoms with Gasteiger partial charge in [0.2, 0.25) is 0 Å². The van der Waals surface area contributed by atoms with Crippen molar-refractivity contribution in [2.24, 2.45) is 5.92 Å². The first kappa shape index (κ1) is 11.1. The quantitative estimate of drug-likeness (QED) is 0.751. The van der Waals surface area contributed by atoms with Crippen LogP contribution in [0.5, 0.6) is 0 Å². The predicted octanol–water partition coefficient (Wildman–Crippen LogP) is 4.00. The molecule has 1 heterocycles. The van der Waals surface area contributed by atoms with Crippen LogP contribution in [-0.4, -0.2) is 4.98 Å². The van der Waals surface area contributed by atoms with Gasteiger partial charge in [-0.2, -0.15) is 0 Å². The molecule has 1 aromatic heterocycles. The van der Waals surface area contributed by atoms with Gasteiger partial charge in [-0.25, -0.2) is 0 Å². The maximum absolute atomic E-state index is 4.72. The smallest absolute Gasteiger partial charge is 0.0708 e. The molecule has 2 rings (SSSR count). The van der Waals surface area contributed by atoms with Crippen LogP contribution in [0.2, 0.25) is 0 Å². The Morgan fingerprint density at radius 2 is 1.94 bits per heavy atom. The van der Waals surface area contributed by atoms with Crippen molar-refractivity contribution >= 4 is 10.9 Å². The van der Waals surface area contributed by atoms with E-state index in [4.69, 9.17) is 4.98 Å². The maximum Gasteiger partial charge on any atom is 0.0708 e. The molecular formula is C15H19N. The fourth-order valence-electron chi connectivity index (χ4n) is 2.12. The number of nitrogens with zero attached hydrogens (tertiary/aromatic N) is 1. The van der Waals surface area contributed by atoms with Crippen molar-refractivity contribution in [1.29, 1.82) is 0 Å². The predicted molar refractivity (Wildman–Crippen MR) is 69.7 cm³/mol. The Morgan fingerprint density at radius 1 is 1.19 bits per heavy atom. The monoisotopic (exact) mass is 213 g/mol.